The monoisotopic (exact) mass is 393 g/mol. The van der Waals surface area contributed by atoms with Crippen LogP contribution in [0.2, 0.25) is 0 Å². The molecule has 0 aliphatic rings. The first-order valence-electron chi connectivity index (χ1n) is 8.84. The molecule has 4 heteroatoms. The van der Waals surface area contributed by atoms with Crippen molar-refractivity contribution >= 4 is 23.0 Å². The summed E-state index contributed by atoms with van der Waals surface area (Å²) in [6, 6.07) is 0. The van der Waals surface area contributed by atoms with Crippen molar-refractivity contribution < 1.29 is 9.90 Å². The van der Waals surface area contributed by atoms with Gasteiger partial charge in [-0.05, 0) is 11.8 Å². The zero-order chi connectivity index (χ0) is 16.1. The first-order valence-corrected chi connectivity index (χ1v) is 8.84. The first kappa shape index (κ1) is 27.5. The second-order valence-electron chi connectivity index (χ2n) is 6.95. The highest BCUT2D eigenvalue weighted by Crippen LogP contribution is 2.31. The zero-order valence-corrected chi connectivity index (χ0v) is 17.4. The Labute approximate surface area is 154 Å². The third-order valence-corrected chi connectivity index (χ3v) is 4.48. The number of carbonyl (C=O) groups is 1. The van der Waals surface area contributed by atoms with Gasteiger partial charge in [-0.2, -0.15) is 0 Å². The summed E-state index contributed by atoms with van der Waals surface area (Å²) < 4.78 is 0. The molecule has 0 bridgehead atoms. The van der Waals surface area contributed by atoms with E-state index in [0.717, 1.165) is 12.8 Å². The van der Waals surface area contributed by atoms with Crippen LogP contribution >= 0.6 is 17.0 Å². The standard InChI is InChI=1S/C19H36O2.BrH.H3N/c1-5-6-7-8-9-10-11-12-13-14-15-16-19(3,4)17(2)18(20)21;;/h2,5-16H2,1,3-4H3,(H,20,21);1H;1H3. The lowest BCUT2D eigenvalue weighted by atomic mass is 9.80. The highest BCUT2D eigenvalue weighted by atomic mass is 79.9. The molecule has 0 spiro atoms. The molecule has 3 nitrogen and oxygen atoms in total. The van der Waals surface area contributed by atoms with Crippen molar-refractivity contribution in [2.75, 3.05) is 0 Å². The Morgan fingerprint density at radius 1 is 0.870 bits per heavy atom. The minimum atomic E-state index is -0.858. The Balaban J connectivity index is -0.00000200. The largest absolute Gasteiger partial charge is 0.478 e. The van der Waals surface area contributed by atoms with Crippen molar-refractivity contribution in [3.05, 3.63) is 12.2 Å². The molecular formula is C19H40BrNO2. The number of hydrogen-bond donors (Lipinski definition) is 2. The molecule has 4 N–H and O–H groups in total. The number of unbranched alkanes of at least 4 members (excludes halogenated alkanes) is 10. The van der Waals surface area contributed by atoms with E-state index in [2.05, 4.69) is 13.5 Å². The van der Waals surface area contributed by atoms with Crippen LogP contribution in [0.15, 0.2) is 12.2 Å². The summed E-state index contributed by atoms with van der Waals surface area (Å²) in [4.78, 5) is 10.9. The van der Waals surface area contributed by atoms with Gasteiger partial charge in [0.2, 0.25) is 0 Å². The van der Waals surface area contributed by atoms with Gasteiger partial charge in [0, 0.05) is 5.57 Å². The van der Waals surface area contributed by atoms with E-state index in [1.54, 1.807) is 0 Å². The lowest BCUT2D eigenvalue weighted by Gasteiger charge is -2.24. The molecule has 0 aromatic rings. The molecular weight excluding hydrogens is 354 g/mol. The summed E-state index contributed by atoms with van der Waals surface area (Å²) in [5.41, 5.74) is 0.0695. The zero-order valence-electron chi connectivity index (χ0n) is 15.7. The molecule has 0 fully saturated rings. The topological polar surface area (TPSA) is 72.3 Å². The van der Waals surface area contributed by atoms with E-state index in [9.17, 15) is 4.79 Å². The predicted octanol–water partition coefficient (Wildman–Crippen LogP) is 7.09. The Morgan fingerprint density at radius 3 is 1.57 bits per heavy atom. The molecule has 0 atom stereocenters. The maximum atomic E-state index is 10.9. The summed E-state index contributed by atoms with van der Waals surface area (Å²) in [7, 11) is 0. The minimum absolute atomic E-state index is 0. The quantitative estimate of drug-likeness (QED) is 0.244. The van der Waals surface area contributed by atoms with E-state index < -0.39 is 5.97 Å². The lowest BCUT2D eigenvalue weighted by molar-refractivity contribution is -0.133. The van der Waals surface area contributed by atoms with Crippen molar-refractivity contribution in [3.63, 3.8) is 0 Å². The minimum Gasteiger partial charge on any atom is -0.478 e. The van der Waals surface area contributed by atoms with Crippen LogP contribution < -0.4 is 6.15 Å². The van der Waals surface area contributed by atoms with Gasteiger partial charge in [0.25, 0.3) is 0 Å². The van der Waals surface area contributed by atoms with Gasteiger partial charge in [0.15, 0.2) is 0 Å². The van der Waals surface area contributed by atoms with Gasteiger partial charge in [-0.15, -0.1) is 17.0 Å². The highest BCUT2D eigenvalue weighted by molar-refractivity contribution is 8.93. The first-order chi connectivity index (χ1) is 9.91. The van der Waals surface area contributed by atoms with Crippen molar-refractivity contribution in [3.8, 4) is 0 Å². The molecule has 0 heterocycles. The molecule has 23 heavy (non-hydrogen) atoms. The number of hydrogen-bond acceptors (Lipinski definition) is 2. The molecule has 0 saturated carbocycles. The van der Waals surface area contributed by atoms with Crippen LogP contribution in [0.25, 0.3) is 0 Å². The molecule has 0 saturated heterocycles. The maximum absolute atomic E-state index is 10.9. The fourth-order valence-corrected chi connectivity index (χ4v) is 2.67. The molecule has 0 aliphatic carbocycles. The fraction of sp³-hybridized carbons (Fsp3) is 0.842. The Morgan fingerprint density at radius 2 is 1.22 bits per heavy atom. The van der Waals surface area contributed by atoms with Crippen LogP contribution in [0.1, 0.15) is 97.8 Å². The molecule has 0 rings (SSSR count). The van der Waals surface area contributed by atoms with E-state index in [0.29, 0.717) is 5.57 Å². The van der Waals surface area contributed by atoms with Gasteiger partial charge in [-0.1, -0.05) is 98.0 Å². The van der Waals surface area contributed by atoms with Crippen LogP contribution in [-0.4, -0.2) is 11.1 Å². The number of carboxylic acids is 1. The summed E-state index contributed by atoms with van der Waals surface area (Å²) >= 11 is 0. The van der Waals surface area contributed by atoms with E-state index in [-0.39, 0.29) is 28.5 Å². The third kappa shape index (κ3) is 14.9. The maximum Gasteiger partial charge on any atom is 0.331 e. The second-order valence-corrected chi connectivity index (χ2v) is 6.95. The summed E-state index contributed by atoms with van der Waals surface area (Å²) in [6.07, 6.45) is 15.5. The van der Waals surface area contributed by atoms with Gasteiger partial charge in [0.05, 0.1) is 0 Å². The highest BCUT2D eigenvalue weighted by Gasteiger charge is 2.25. The predicted molar refractivity (Wildman–Crippen MR) is 107 cm³/mol. The molecule has 0 unspecified atom stereocenters. The van der Waals surface area contributed by atoms with Gasteiger partial charge in [-0.25, -0.2) is 4.79 Å². The Kier molecular flexibility index (Phi) is 19.7. The fourth-order valence-electron chi connectivity index (χ4n) is 2.67. The van der Waals surface area contributed by atoms with Gasteiger partial charge in [-0.3, -0.25) is 0 Å². The average molecular weight is 394 g/mol. The van der Waals surface area contributed by atoms with Crippen LogP contribution in [0.4, 0.5) is 0 Å². The number of carboxylic acid groups (broad SMARTS) is 1. The van der Waals surface area contributed by atoms with Gasteiger partial charge >= 0.3 is 5.97 Å². The van der Waals surface area contributed by atoms with Crippen LogP contribution in [0.5, 0.6) is 0 Å². The van der Waals surface area contributed by atoms with Crippen molar-refractivity contribution in [2.24, 2.45) is 5.41 Å². The summed E-state index contributed by atoms with van der Waals surface area (Å²) in [5.74, 6) is -0.858. The molecule has 0 aliphatic heterocycles. The third-order valence-electron chi connectivity index (χ3n) is 4.48. The van der Waals surface area contributed by atoms with Crippen molar-refractivity contribution in [1.82, 2.24) is 6.15 Å². The average Bonchev–Trinajstić information content (AvgIpc) is 2.43. The van der Waals surface area contributed by atoms with E-state index >= 15 is 0 Å². The van der Waals surface area contributed by atoms with Crippen LogP contribution in [-0.2, 0) is 4.79 Å². The summed E-state index contributed by atoms with van der Waals surface area (Å²) in [5, 5.41) is 9.00. The Hall–Kier alpha value is -0.350. The molecule has 140 valence electrons. The second kappa shape index (κ2) is 16.5. The van der Waals surface area contributed by atoms with E-state index in [4.69, 9.17) is 5.11 Å². The van der Waals surface area contributed by atoms with Gasteiger partial charge < -0.3 is 11.3 Å². The van der Waals surface area contributed by atoms with Crippen molar-refractivity contribution in [1.29, 1.82) is 0 Å². The molecule has 0 radical (unpaired) electrons. The van der Waals surface area contributed by atoms with Crippen LogP contribution in [0, 0.1) is 5.41 Å². The van der Waals surface area contributed by atoms with Crippen LogP contribution in [0.3, 0.4) is 0 Å². The molecule has 0 aromatic heterocycles. The SMILES string of the molecule is Br.C=C(C(=O)O)C(C)(C)CCCCCCCCCCCCC.N. The normalized spacial score (nSPS) is 10.6. The number of halogens is 1. The number of aliphatic carboxylic acids is 1. The summed E-state index contributed by atoms with van der Waals surface area (Å²) in [6.45, 7) is 9.93. The molecule has 0 amide bonds. The molecule has 0 aromatic carbocycles. The van der Waals surface area contributed by atoms with E-state index in [1.165, 1.54) is 64.2 Å². The lowest BCUT2D eigenvalue weighted by Crippen LogP contribution is -2.20. The smallest absolute Gasteiger partial charge is 0.331 e. The Bertz CT molecular complexity index is 304. The van der Waals surface area contributed by atoms with E-state index in [1.807, 2.05) is 13.8 Å². The number of rotatable bonds is 14. The van der Waals surface area contributed by atoms with Gasteiger partial charge in [0.1, 0.15) is 0 Å². The van der Waals surface area contributed by atoms with Crippen molar-refractivity contribution in [2.45, 2.75) is 97.8 Å².